The summed E-state index contributed by atoms with van der Waals surface area (Å²) in [6, 6.07) is 16.0. The lowest BCUT2D eigenvalue weighted by molar-refractivity contribution is 0.302. The fourth-order valence-electron chi connectivity index (χ4n) is 2.39. The van der Waals surface area contributed by atoms with Crippen molar-refractivity contribution in [1.82, 2.24) is 25.3 Å². The highest BCUT2D eigenvalue weighted by atomic mass is 16.5. The van der Waals surface area contributed by atoms with Gasteiger partial charge in [0.2, 0.25) is 5.88 Å². The molecule has 0 amide bonds. The van der Waals surface area contributed by atoms with Gasteiger partial charge in [0.25, 0.3) is 0 Å². The van der Waals surface area contributed by atoms with E-state index < -0.39 is 0 Å². The van der Waals surface area contributed by atoms with Crippen LogP contribution in [-0.2, 0) is 6.54 Å². The lowest BCUT2D eigenvalue weighted by Gasteiger charge is -2.06. The average Bonchev–Trinajstić information content (AvgIpc) is 3.08. The number of aromatic nitrogens is 4. The SMILES string of the molecule is CC(C)n1nc(CNCCOc2ccccn2)c(-c2ccccc2)n1. The number of hydrogen-bond donors (Lipinski definition) is 1. The number of rotatable bonds is 8. The molecule has 3 aromatic rings. The van der Waals surface area contributed by atoms with Gasteiger partial charge in [0.1, 0.15) is 18.0 Å². The van der Waals surface area contributed by atoms with E-state index in [1.165, 1.54) is 0 Å². The normalized spacial score (nSPS) is 11.0. The molecule has 0 bridgehead atoms. The van der Waals surface area contributed by atoms with E-state index in [0.29, 0.717) is 25.6 Å². The Morgan fingerprint density at radius 3 is 2.56 bits per heavy atom. The van der Waals surface area contributed by atoms with Crippen molar-refractivity contribution in [3.05, 3.63) is 60.4 Å². The van der Waals surface area contributed by atoms with Crippen molar-refractivity contribution in [2.75, 3.05) is 13.2 Å². The third-order valence-corrected chi connectivity index (χ3v) is 3.67. The van der Waals surface area contributed by atoms with Crippen LogP contribution in [0.15, 0.2) is 54.7 Å². The van der Waals surface area contributed by atoms with Gasteiger partial charge < -0.3 is 10.1 Å². The van der Waals surface area contributed by atoms with Gasteiger partial charge in [-0.15, -0.1) is 0 Å². The van der Waals surface area contributed by atoms with Gasteiger partial charge in [-0.25, -0.2) is 4.98 Å². The van der Waals surface area contributed by atoms with Gasteiger partial charge in [0, 0.05) is 30.9 Å². The number of pyridine rings is 1. The first-order valence-electron chi connectivity index (χ1n) is 8.49. The highest BCUT2D eigenvalue weighted by molar-refractivity contribution is 5.60. The van der Waals surface area contributed by atoms with Gasteiger partial charge in [0.15, 0.2) is 0 Å². The fraction of sp³-hybridized carbons (Fsp3) is 0.316. The molecule has 2 aromatic heterocycles. The Kier molecular flexibility index (Phi) is 5.74. The summed E-state index contributed by atoms with van der Waals surface area (Å²) >= 11 is 0. The van der Waals surface area contributed by atoms with E-state index in [-0.39, 0.29) is 6.04 Å². The van der Waals surface area contributed by atoms with Crippen LogP contribution in [0, 0.1) is 0 Å². The number of nitrogens with one attached hydrogen (secondary N) is 1. The first kappa shape index (κ1) is 17.1. The number of ether oxygens (including phenoxy) is 1. The molecule has 0 aliphatic rings. The zero-order valence-electron chi connectivity index (χ0n) is 14.6. The van der Waals surface area contributed by atoms with E-state index >= 15 is 0 Å². The number of benzene rings is 1. The quantitative estimate of drug-likeness (QED) is 0.640. The van der Waals surface area contributed by atoms with Crippen molar-refractivity contribution in [1.29, 1.82) is 0 Å². The van der Waals surface area contributed by atoms with Crippen LogP contribution >= 0.6 is 0 Å². The predicted molar refractivity (Wildman–Crippen MR) is 97.3 cm³/mol. The molecule has 0 aliphatic carbocycles. The predicted octanol–water partition coefficient (Wildman–Crippen LogP) is 3.09. The lowest BCUT2D eigenvalue weighted by Crippen LogP contribution is -2.21. The van der Waals surface area contributed by atoms with E-state index in [2.05, 4.69) is 46.5 Å². The Hall–Kier alpha value is -2.73. The van der Waals surface area contributed by atoms with Crippen LogP contribution in [0.2, 0.25) is 0 Å². The van der Waals surface area contributed by atoms with E-state index in [9.17, 15) is 0 Å². The first-order chi connectivity index (χ1) is 12.2. The molecule has 0 aliphatic heterocycles. The van der Waals surface area contributed by atoms with Crippen molar-refractivity contribution in [3.63, 3.8) is 0 Å². The maximum atomic E-state index is 5.59. The van der Waals surface area contributed by atoms with Crippen molar-refractivity contribution in [2.24, 2.45) is 0 Å². The Morgan fingerprint density at radius 1 is 1.04 bits per heavy atom. The minimum Gasteiger partial charge on any atom is -0.476 e. The Balaban J connectivity index is 1.59. The van der Waals surface area contributed by atoms with Crippen molar-refractivity contribution in [3.8, 4) is 17.1 Å². The Morgan fingerprint density at radius 2 is 1.84 bits per heavy atom. The fourth-order valence-corrected chi connectivity index (χ4v) is 2.39. The van der Waals surface area contributed by atoms with Gasteiger partial charge >= 0.3 is 0 Å². The molecule has 0 radical (unpaired) electrons. The molecule has 0 fully saturated rings. The summed E-state index contributed by atoms with van der Waals surface area (Å²) in [7, 11) is 0. The molecule has 6 nitrogen and oxygen atoms in total. The second kappa shape index (κ2) is 8.39. The third-order valence-electron chi connectivity index (χ3n) is 3.67. The molecule has 0 spiro atoms. The second-order valence-electron chi connectivity index (χ2n) is 5.97. The van der Waals surface area contributed by atoms with Crippen LogP contribution in [0.5, 0.6) is 5.88 Å². The zero-order chi connectivity index (χ0) is 17.5. The molecular formula is C19H23N5O. The minimum absolute atomic E-state index is 0.226. The highest BCUT2D eigenvalue weighted by Gasteiger charge is 2.14. The molecule has 1 aromatic carbocycles. The van der Waals surface area contributed by atoms with E-state index in [1.807, 2.05) is 36.4 Å². The van der Waals surface area contributed by atoms with Gasteiger partial charge in [-0.2, -0.15) is 15.0 Å². The first-order valence-corrected chi connectivity index (χ1v) is 8.49. The minimum atomic E-state index is 0.226. The maximum absolute atomic E-state index is 5.59. The van der Waals surface area contributed by atoms with E-state index in [0.717, 1.165) is 17.0 Å². The van der Waals surface area contributed by atoms with Crippen LogP contribution in [0.25, 0.3) is 11.3 Å². The van der Waals surface area contributed by atoms with Gasteiger partial charge in [-0.05, 0) is 19.9 Å². The smallest absolute Gasteiger partial charge is 0.213 e. The molecule has 0 saturated carbocycles. The zero-order valence-corrected chi connectivity index (χ0v) is 14.6. The molecule has 130 valence electrons. The average molecular weight is 337 g/mol. The molecule has 3 rings (SSSR count). The van der Waals surface area contributed by atoms with Gasteiger partial charge in [0.05, 0.1) is 6.04 Å². The summed E-state index contributed by atoms with van der Waals surface area (Å²) in [5, 5.41) is 12.6. The summed E-state index contributed by atoms with van der Waals surface area (Å²) in [4.78, 5) is 5.90. The van der Waals surface area contributed by atoms with Crippen LogP contribution in [0.1, 0.15) is 25.6 Å². The summed E-state index contributed by atoms with van der Waals surface area (Å²) in [6.07, 6.45) is 1.72. The van der Waals surface area contributed by atoms with Crippen LogP contribution < -0.4 is 10.1 Å². The Bertz CT molecular complexity index is 771. The third kappa shape index (κ3) is 4.64. The topological polar surface area (TPSA) is 64.9 Å². The van der Waals surface area contributed by atoms with E-state index in [1.54, 1.807) is 11.0 Å². The standard InChI is InChI=1S/C19H23N5O/c1-15(2)24-22-17(19(23-24)16-8-4-3-5-9-16)14-20-12-13-25-18-10-6-7-11-21-18/h3-11,15,20H,12-14H2,1-2H3. The molecule has 0 saturated heterocycles. The molecule has 0 unspecified atom stereocenters. The van der Waals surface area contributed by atoms with Gasteiger partial charge in [-0.1, -0.05) is 36.4 Å². The summed E-state index contributed by atoms with van der Waals surface area (Å²) in [5.41, 5.74) is 2.95. The molecule has 0 atom stereocenters. The molecular weight excluding hydrogens is 314 g/mol. The summed E-state index contributed by atoms with van der Waals surface area (Å²) in [5.74, 6) is 0.639. The summed E-state index contributed by atoms with van der Waals surface area (Å²) in [6.45, 7) is 6.05. The van der Waals surface area contributed by atoms with Crippen LogP contribution in [0.3, 0.4) is 0 Å². The van der Waals surface area contributed by atoms with Crippen molar-refractivity contribution >= 4 is 0 Å². The molecule has 25 heavy (non-hydrogen) atoms. The van der Waals surface area contributed by atoms with E-state index in [4.69, 9.17) is 4.74 Å². The Labute approximate surface area is 147 Å². The van der Waals surface area contributed by atoms with Crippen molar-refractivity contribution in [2.45, 2.75) is 26.4 Å². The molecule has 1 N–H and O–H groups in total. The molecule has 2 heterocycles. The molecule has 6 heteroatoms. The lowest BCUT2D eigenvalue weighted by atomic mass is 10.1. The van der Waals surface area contributed by atoms with Crippen molar-refractivity contribution < 1.29 is 4.74 Å². The monoisotopic (exact) mass is 337 g/mol. The number of nitrogens with zero attached hydrogens (tertiary/aromatic N) is 4. The second-order valence-corrected chi connectivity index (χ2v) is 5.97. The largest absolute Gasteiger partial charge is 0.476 e. The summed E-state index contributed by atoms with van der Waals surface area (Å²) < 4.78 is 5.59. The maximum Gasteiger partial charge on any atom is 0.213 e. The highest BCUT2D eigenvalue weighted by Crippen LogP contribution is 2.21. The van der Waals surface area contributed by atoms with Gasteiger partial charge in [-0.3, -0.25) is 0 Å². The van der Waals surface area contributed by atoms with Crippen LogP contribution in [-0.4, -0.2) is 33.1 Å². The number of hydrogen-bond acceptors (Lipinski definition) is 5. The van der Waals surface area contributed by atoms with Crippen LogP contribution in [0.4, 0.5) is 0 Å².